The van der Waals surface area contributed by atoms with Crippen molar-refractivity contribution in [3.63, 3.8) is 0 Å². The standard InChI is InChI=1S/C21H21NO5S/c1-3-5-12-26-20(24)15-8-6-14(7-9-15)17-11-10-16(27-17)13-18-19(23)22(4-2)21(25)28-18/h6-11,13H,3-5,12H2,1-2H3/b18-13+. The molecule has 7 heteroatoms. The predicted molar refractivity (Wildman–Crippen MR) is 108 cm³/mol. The number of benzene rings is 1. The third-order valence-corrected chi connectivity index (χ3v) is 5.13. The van der Waals surface area contributed by atoms with Gasteiger partial charge in [0.2, 0.25) is 0 Å². The van der Waals surface area contributed by atoms with E-state index in [0.29, 0.717) is 35.1 Å². The van der Waals surface area contributed by atoms with E-state index in [-0.39, 0.29) is 17.1 Å². The van der Waals surface area contributed by atoms with Gasteiger partial charge in [-0.05, 0) is 49.4 Å². The molecule has 0 aliphatic carbocycles. The fourth-order valence-electron chi connectivity index (χ4n) is 2.65. The van der Waals surface area contributed by atoms with Crippen molar-refractivity contribution in [1.82, 2.24) is 4.90 Å². The highest BCUT2D eigenvalue weighted by atomic mass is 32.2. The summed E-state index contributed by atoms with van der Waals surface area (Å²) in [6, 6.07) is 10.5. The van der Waals surface area contributed by atoms with Crippen LogP contribution in [0.15, 0.2) is 45.7 Å². The van der Waals surface area contributed by atoms with E-state index < -0.39 is 0 Å². The van der Waals surface area contributed by atoms with E-state index >= 15 is 0 Å². The van der Waals surface area contributed by atoms with Gasteiger partial charge in [0.1, 0.15) is 11.5 Å². The van der Waals surface area contributed by atoms with Crippen molar-refractivity contribution >= 4 is 35.0 Å². The molecule has 2 amide bonds. The minimum absolute atomic E-state index is 0.271. The second-order valence-corrected chi connectivity index (χ2v) is 7.19. The minimum atomic E-state index is -0.341. The Morgan fingerprint density at radius 3 is 2.54 bits per heavy atom. The number of imide groups is 1. The summed E-state index contributed by atoms with van der Waals surface area (Å²) in [5.74, 6) is 0.444. The lowest BCUT2D eigenvalue weighted by atomic mass is 10.1. The number of esters is 1. The van der Waals surface area contributed by atoms with Gasteiger partial charge < -0.3 is 9.15 Å². The number of thioether (sulfide) groups is 1. The normalized spacial score (nSPS) is 15.5. The molecule has 6 nitrogen and oxygen atoms in total. The van der Waals surface area contributed by atoms with Crippen LogP contribution in [0.1, 0.15) is 42.8 Å². The van der Waals surface area contributed by atoms with Crippen molar-refractivity contribution in [3.05, 3.63) is 52.6 Å². The highest BCUT2D eigenvalue weighted by Crippen LogP contribution is 2.33. The molecular weight excluding hydrogens is 378 g/mol. The van der Waals surface area contributed by atoms with Crippen molar-refractivity contribution in [1.29, 1.82) is 0 Å². The molecule has 1 aliphatic rings. The highest BCUT2D eigenvalue weighted by Gasteiger charge is 2.33. The molecule has 1 aromatic heterocycles. The Bertz CT molecular complexity index is 913. The molecule has 0 spiro atoms. The zero-order valence-electron chi connectivity index (χ0n) is 15.8. The molecule has 2 aromatic rings. The van der Waals surface area contributed by atoms with Crippen LogP contribution < -0.4 is 0 Å². The van der Waals surface area contributed by atoms with Crippen LogP contribution in [0.4, 0.5) is 4.79 Å². The molecule has 28 heavy (non-hydrogen) atoms. The third kappa shape index (κ3) is 4.36. The molecule has 0 radical (unpaired) electrons. The number of hydrogen-bond donors (Lipinski definition) is 0. The number of nitrogens with zero attached hydrogens (tertiary/aromatic N) is 1. The molecule has 1 saturated heterocycles. The van der Waals surface area contributed by atoms with Crippen LogP contribution in [0, 0.1) is 0 Å². The lowest BCUT2D eigenvalue weighted by Crippen LogP contribution is -2.27. The Balaban J connectivity index is 1.70. The summed E-state index contributed by atoms with van der Waals surface area (Å²) in [7, 11) is 0. The van der Waals surface area contributed by atoms with Crippen LogP contribution in [-0.2, 0) is 9.53 Å². The quantitative estimate of drug-likeness (QED) is 0.372. The van der Waals surface area contributed by atoms with Gasteiger partial charge in [-0.25, -0.2) is 4.79 Å². The van der Waals surface area contributed by atoms with E-state index in [1.807, 2.05) is 6.92 Å². The molecule has 1 aliphatic heterocycles. The maximum Gasteiger partial charge on any atom is 0.338 e. The molecule has 0 N–H and O–H groups in total. The monoisotopic (exact) mass is 399 g/mol. The summed E-state index contributed by atoms with van der Waals surface area (Å²) in [4.78, 5) is 37.4. The van der Waals surface area contributed by atoms with Gasteiger partial charge in [0.15, 0.2) is 0 Å². The van der Waals surface area contributed by atoms with Crippen LogP contribution in [-0.4, -0.2) is 35.2 Å². The third-order valence-electron chi connectivity index (χ3n) is 4.23. The van der Waals surface area contributed by atoms with Crippen molar-refractivity contribution in [3.8, 4) is 11.3 Å². The lowest BCUT2D eigenvalue weighted by molar-refractivity contribution is -0.122. The Hall–Kier alpha value is -2.80. The van der Waals surface area contributed by atoms with Crippen LogP contribution in [0.2, 0.25) is 0 Å². The number of amides is 2. The summed E-state index contributed by atoms with van der Waals surface area (Å²) in [5, 5.41) is -0.271. The molecule has 2 heterocycles. The maximum atomic E-state index is 12.2. The Morgan fingerprint density at radius 1 is 1.14 bits per heavy atom. The molecule has 0 saturated carbocycles. The summed E-state index contributed by atoms with van der Waals surface area (Å²) in [6.45, 7) is 4.56. The topological polar surface area (TPSA) is 76.8 Å². The molecule has 0 bridgehead atoms. The lowest BCUT2D eigenvalue weighted by Gasteiger charge is -2.06. The predicted octanol–water partition coefficient (Wildman–Crippen LogP) is 4.96. The molecule has 0 unspecified atom stereocenters. The number of rotatable bonds is 7. The fourth-order valence-corrected chi connectivity index (χ4v) is 3.53. The fraction of sp³-hybridized carbons (Fsp3) is 0.286. The molecule has 3 rings (SSSR count). The number of carbonyl (C=O) groups is 3. The van der Waals surface area contributed by atoms with E-state index in [9.17, 15) is 14.4 Å². The van der Waals surface area contributed by atoms with Gasteiger partial charge in [0.05, 0.1) is 17.1 Å². The van der Waals surface area contributed by atoms with E-state index in [0.717, 1.165) is 30.2 Å². The summed E-state index contributed by atoms with van der Waals surface area (Å²) >= 11 is 0.907. The molecule has 146 valence electrons. The minimum Gasteiger partial charge on any atom is -0.462 e. The summed E-state index contributed by atoms with van der Waals surface area (Å²) < 4.78 is 11.0. The van der Waals surface area contributed by atoms with Crippen molar-refractivity contribution in [2.45, 2.75) is 26.7 Å². The Kier molecular flexibility index (Phi) is 6.36. The Labute approximate surface area is 167 Å². The maximum absolute atomic E-state index is 12.2. The first kappa shape index (κ1) is 19.9. The number of carbonyl (C=O) groups excluding carboxylic acids is 3. The number of ether oxygens (including phenoxy) is 1. The first-order chi connectivity index (χ1) is 13.5. The summed E-state index contributed by atoms with van der Waals surface area (Å²) in [6.07, 6.45) is 3.39. The van der Waals surface area contributed by atoms with Gasteiger partial charge in [0.25, 0.3) is 11.1 Å². The second kappa shape index (κ2) is 8.93. The Morgan fingerprint density at radius 2 is 1.89 bits per heavy atom. The van der Waals surface area contributed by atoms with Crippen LogP contribution in [0.3, 0.4) is 0 Å². The zero-order chi connectivity index (χ0) is 20.1. The second-order valence-electron chi connectivity index (χ2n) is 6.19. The first-order valence-electron chi connectivity index (χ1n) is 9.16. The van der Waals surface area contributed by atoms with Crippen LogP contribution >= 0.6 is 11.8 Å². The smallest absolute Gasteiger partial charge is 0.338 e. The van der Waals surface area contributed by atoms with Crippen LogP contribution in [0.5, 0.6) is 0 Å². The number of furan rings is 1. The molecular formula is C21H21NO5S. The van der Waals surface area contributed by atoms with Crippen molar-refractivity contribution in [2.75, 3.05) is 13.2 Å². The first-order valence-corrected chi connectivity index (χ1v) is 9.98. The number of hydrogen-bond acceptors (Lipinski definition) is 6. The van der Waals surface area contributed by atoms with Gasteiger partial charge >= 0.3 is 5.97 Å². The van der Waals surface area contributed by atoms with E-state index in [4.69, 9.17) is 9.15 Å². The molecule has 1 aromatic carbocycles. The van der Waals surface area contributed by atoms with Gasteiger partial charge in [0, 0.05) is 18.2 Å². The van der Waals surface area contributed by atoms with Crippen molar-refractivity contribution < 1.29 is 23.5 Å². The number of likely N-dealkylation sites (N-methyl/N-ethyl adjacent to an activating group) is 1. The van der Waals surface area contributed by atoms with E-state index in [1.54, 1.807) is 49.4 Å². The molecule has 1 fully saturated rings. The average molecular weight is 399 g/mol. The molecule has 0 atom stereocenters. The van der Waals surface area contributed by atoms with E-state index in [1.165, 1.54) is 4.90 Å². The summed E-state index contributed by atoms with van der Waals surface area (Å²) in [5.41, 5.74) is 1.28. The van der Waals surface area contributed by atoms with Gasteiger partial charge in [-0.1, -0.05) is 25.5 Å². The van der Waals surface area contributed by atoms with E-state index in [2.05, 4.69) is 0 Å². The largest absolute Gasteiger partial charge is 0.462 e. The van der Waals surface area contributed by atoms with Crippen molar-refractivity contribution in [2.24, 2.45) is 0 Å². The zero-order valence-corrected chi connectivity index (χ0v) is 16.6. The highest BCUT2D eigenvalue weighted by molar-refractivity contribution is 8.18. The number of unbranched alkanes of at least 4 members (excludes halogenated alkanes) is 1. The van der Waals surface area contributed by atoms with Crippen LogP contribution in [0.25, 0.3) is 17.4 Å². The SMILES string of the molecule is CCCCOC(=O)c1ccc(-c2ccc(/C=C3/SC(=O)N(CC)C3=O)o2)cc1. The van der Waals surface area contributed by atoms with Gasteiger partial charge in [-0.3, -0.25) is 14.5 Å². The van der Waals surface area contributed by atoms with Gasteiger partial charge in [-0.2, -0.15) is 0 Å². The van der Waals surface area contributed by atoms with Gasteiger partial charge in [-0.15, -0.1) is 0 Å². The average Bonchev–Trinajstić information content (AvgIpc) is 3.26.